The van der Waals surface area contributed by atoms with Crippen LogP contribution in [0.3, 0.4) is 0 Å². The van der Waals surface area contributed by atoms with Crippen LogP contribution >= 0.6 is 11.3 Å². The van der Waals surface area contributed by atoms with Gasteiger partial charge in [0.05, 0.1) is 24.8 Å². The number of carbonyl (C=O) groups is 1. The standard InChI is InChI=1S/C23H24F2N4O3S/c1-23(2,3)14-31-19-15(6-4-7-17(19)32-21(24)25)8-9-16-18(20(30)27-11-5-10-26)29-12-13-33-22(29)28-16/h4,6-9,12-13,21H,5,11,14H2,1-3H3,(H,27,30)/b9-8+. The Morgan fingerprint density at radius 2 is 2.15 bits per heavy atom. The van der Waals surface area contributed by atoms with Gasteiger partial charge in [-0.25, -0.2) is 4.98 Å². The molecule has 0 aliphatic rings. The van der Waals surface area contributed by atoms with Gasteiger partial charge in [-0.2, -0.15) is 14.0 Å². The van der Waals surface area contributed by atoms with Crippen molar-refractivity contribution in [3.05, 3.63) is 46.7 Å². The van der Waals surface area contributed by atoms with Crippen molar-refractivity contribution in [1.82, 2.24) is 14.7 Å². The van der Waals surface area contributed by atoms with Crippen LogP contribution in [0.25, 0.3) is 17.1 Å². The SMILES string of the molecule is CC(C)(C)COc1c(/C=C/c2nc3sccn3c2C(=O)NCCC#N)cccc1OC(F)F. The molecule has 0 saturated carbocycles. The normalized spacial score (nSPS) is 11.8. The number of amides is 1. The summed E-state index contributed by atoms with van der Waals surface area (Å²) in [5.41, 5.74) is 1.02. The van der Waals surface area contributed by atoms with Crippen molar-refractivity contribution in [2.75, 3.05) is 13.2 Å². The van der Waals surface area contributed by atoms with Gasteiger partial charge in [0.1, 0.15) is 5.69 Å². The summed E-state index contributed by atoms with van der Waals surface area (Å²) >= 11 is 1.37. The molecule has 0 bridgehead atoms. The molecule has 33 heavy (non-hydrogen) atoms. The van der Waals surface area contributed by atoms with Crippen LogP contribution in [0.15, 0.2) is 29.8 Å². The maximum Gasteiger partial charge on any atom is 0.387 e. The number of hydrogen-bond acceptors (Lipinski definition) is 6. The Labute approximate surface area is 194 Å². The van der Waals surface area contributed by atoms with Crippen molar-refractivity contribution in [2.45, 2.75) is 33.8 Å². The largest absolute Gasteiger partial charge is 0.489 e. The first kappa shape index (κ1) is 24.2. The Morgan fingerprint density at radius 1 is 1.36 bits per heavy atom. The molecule has 3 aromatic rings. The second kappa shape index (κ2) is 10.4. The van der Waals surface area contributed by atoms with Gasteiger partial charge in [-0.05, 0) is 23.6 Å². The molecule has 3 rings (SSSR count). The van der Waals surface area contributed by atoms with Gasteiger partial charge in [0.25, 0.3) is 5.91 Å². The molecular formula is C23H24F2N4O3S. The summed E-state index contributed by atoms with van der Waals surface area (Å²) < 4.78 is 38.1. The fourth-order valence-electron chi connectivity index (χ4n) is 2.92. The summed E-state index contributed by atoms with van der Waals surface area (Å²) in [6.45, 7) is 3.40. The van der Waals surface area contributed by atoms with Gasteiger partial charge in [-0.1, -0.05) is 32.9 Å². The van der Waals surface area contributed by atoms with E-state index in [2.05, 4.69) is 15.0 Å². The number of imidazole rings is 1. The van der Waals surface area contributed by atoms with E-state index in [0.717, 1.165) is 0 Å². The number of ether oxygens (including phenoxy) is 2. The van der Waals surface area contributed by atoms with Gasteiger partial charge in [0.15, 0.2) is 16.5 Å². The zero-order valence-corrected chi connectivity index (χ0v) is 19.3. The summed E-state index contributed by atoms with van der Waals surface area (Å²) in [6, 6.07) is 6.69. The number of thiazole rings is 1. The van der Waals surface area contributed by atoms with Crippen LogP contribution in [0.4, 0.5) is 8.78 Å². The number of nitrogens with zero attached hydrogens (tertiary/aromatic N) is 3. The molecule has 0 radical (unpaired) electrons. The van der Waals surface area contributed by atoms with Gasteiger partial charge in [-0.15, -0.1) is 11.3 Å². The van der Waals surface area contributed by atoms with Crippen molar-refractivity contribution >= 4 is 34.4 Å². The number of benzene rings is 1. The van der Waals surface area contributed by atoms with Crippen LogP contribution < -0.4 is 14.8 Å². The minimum absolute atomic E-state index is 0.0725. The lowest BCUT2D eigenvalue weighted by Crippen LogP contribution is -2.26. The molecule has 2 heterocycles. The summed E-state index contributed by atoms with van der Waals surface area (Å²) in [5, 5.41) is 13.2. The minimum atomic E-state index is -3.00. The van der Waals surface area contributed by atoms with E-state index >= 15 is 0 Å². The number of rotatable bonds is 9. The van der Waals surface area contributed by atoms with Crippen LogP contribution in [0.1, 0.15) is 48.9 Å². The van der Waals surface area contributed by atoms with Crippen molar-refractivity contribution < 1.29 is 23.0 Å². The number of para-hydroxylation sites is 1. The molecule has 0 aliphatic carbocycles. The smallest absolute Gasteiger partial charge is 0.387 e. The van der Waals surface area contributed by atoms with E-state index in [1.807, 2.05) is 32.2 Å². The number of halogens is 2. The molecule has 174 valence electrons. The lowest BCUT2D eigenvalue weighted by atomic mass is 9.98. The molecular weight excluding hydrogens is 450 g/mol. The molecule has 1 N–H and O–H groups in total. The van der Waals surface area contributed by atoms with E-state index in [-0.39, 0.29) is 42.4 Å². The predicted molar refractivity (Wildman–Crippen MR) is 123 cm³/mol. The molecule has 0 aliphatic heterocycles. The van der Waals surface area contributed by atoms with Crippen molar-refractivity contribution in [2.24, 2.45) is 5.41 Å². The zero-order valence-electron chi connectivity index (χ0n) is 18.5. The highest BCUT2D eigenvalue weighted by atomic mass is 32.1. The van der Waals surface area contributed by atoms with Crippen molar-refractivity contribution in [1.29, 1.82) is 5.26 Å². The van der Waals surface area contributed by atoms with Crippen molar-refractivity contribution in [3.63, 3.8) is 0 Å². The third-order valence-corrected chi connectivity index (χ3v) is 5.08. The molecule has 1 aromatic carbocycles. The average molecular weight is 475 g/mol. The Balaban J connectivity index is 1.97. The number of carbonyl (C=O) groups excluding carboxylic acids is 1. The Kier molecular flexibility index (Phi) is 7.66. The summed E-state index contributed by atoms with van der Waals surface area (Å²) in [5.74, 6) is -0.253. The predicted octanol–water partition coefficient (Wildman–Crippen LogP) is 5.24. The molecule has 7 nitrogen and oxygen atoms in total. The summed E-state index contributed by atoms with van der Waals surface area (Å²) in [6.07, 6.45) is 5.20. The van der Waals surface area contributed by atoms with E-state index in [1.54, 1.807) is 34.9 Å². The number of alkyl halides is 2. The van der Waals surface area contributed by atoms with Crippen LogP contribution in [0.2, 0.25) is 0 Å². The van der Waals surface area contributed by atoms with Gasteiger partial charge in [0.2, 0.25) is 0 Å². The summed E-state index contributed by atoms with van der Waals surface area (Å²) in [4.78, 5) is 17.9. The molecule has 0 atom stereocenters. The van der Waals surface area contributed by atoms with E-state index in [0.29, 0.717) is 21.9 Å². The maximum atomic E-state index is 12.9. The van der Waals surface area contributed by atoms with E-state index in [9.17, 15) is 13.6 Å². The van der Waals surface area contributed by atoms with Crippen molar-refractivity contribution in [3.8, 4) is 17.6 Å². The number of fused-ring (bicyclic) bond motifs is 1. The first-order valence-corrected chi connectivity index (χ1v) is 11.1. The topological polar surface area (TPSA) is 88.7 Å². The van der Waals surface area contributed by atoms with Crippen LogP contribution in [-0.2, 0) is 0 Å². The highest BCUT2D eigenvalue weighted by molar-refractivity contribution is 7.15. The molecule has 0 unspecified atom stereocenters. The quantitative estimate of drug-likeness (QED) is 0.429. The average Bonchev–Trinajstić information content (AvgIpc) is 3.31. The van der Waals surface area contributed by atoms with Gasteiger partial charge in [-0.3, -0.25) is 9.20 Å². The number of hydrogen-bond donors (Lipinski definition) is 1. The van der Waals surface area contributed by atoms with Crippen LogP contribution in [-0.4, -0.2) is 35.1 Å². The summed E-state index contributed by atoms with van der Waals surface area (Å²) in [7, 11) is 0. The maximum absolute atomic E-state index is 12.9. The lowest BCUT2D eigenvalue weighted by molar-refractivity contribution is -0.0517. The van der Waals surface area contributed by atoms with Crippen LogP contribution in [0.5, 0.6) is 11.5 Å². The third-order valence-electron chi connectivity index (χ3n) is 4.32. The number of nitrogens with one attached hydrogen (secondary N) is 1. The molecule has 0 saturated heterocycles. The fourth-order valence-corrected chi connectivity index (χ4v) is 3.65. The van der Waals surface area contributed by atoms with E-state index < -0.39 is 6.61 Å². The third kappa shape index (κ3) is 6.29. The van der Waals surface area contributed by atoms with E-state index in [1.165, 1.54) is 17.4 Å². The first-order chi connectivity index (χ1) is 15.7. The molecule has 0 fully saturated rings. The van der Waals surface area contributed by atoms with Gasteiger partial charge < -0.3 is 14.8 Å². The molecule has 2 aromatic heterocycles. The monoisotopic (exact) mass is 474 g/mol. The van der Waals surface area contributed by atoms with Gasteiger partial charge in [0, 0.05) is 23.7 Å². The highest BCUT2D eigenvalue weighted by Gasteiger charge is 2.20. The first-order valence-electron chi connectivity index (χ1n) is 10.2. The zero-order chi connectivity index (χ0) is 24.0. The fraction of sp³-hybridized carbons (Fsp3) is 0.348. The molecule has 10 heteroatoms. The second-order valence-electron chi connectivity index (χ2n) is 8.30. The minimum Gasteiger partial charge on any atom is -0.489 e. The number of nitriles is 1. The lowest BCUT2D eigenvalue weighted by Gasteiger charge is -2.21. The second-order valence-corrected chi connectivity index (χ2v) is 9.17. The Hall–Kier alpha value is -3.45. The van der Waals surface area contributed by atoms with E-state index in [4.69, 9.17) is 10.00 Å². The van der Waals surface area contributed by atoms with Crippen LogP contribution in [0, 0.1) is 16.7 Å². The Bertz CT molecular complexity index is 1190. The highest BCUT2D eigenvalue weighted by Crippen LogP contribution is 2.35. The molecule has 1 amide bonds. The van der Waals surface area contributed by atoms with Gasteiger partial charge >= 0.3 is 6.61 Å². The molecule has 0 spiro atoms. The Morgan fingerprint density at radius 3 is 2.85 bits per heavy atom. The number of aromatic nitrogens is 2.